The lowest BCUT2D eigenvalue weighted by atomic mass is 9.99. The molecule has 0 aliphatic heterocycles. The van der Waals surface area contributed by atoms with Gasteiger partial charge in [0, 0.05) is 25.2 Å². The van der Waals surface area contributed by atoms with Gasteiger partial charge in [-0.05, 0) is 64.8 Å². The van der Waals surface area contributed by atoms with Crippen molar-refractivity contribution in [1.82, 2.24) is 10.2 Å². The number of benzene rings is 2. The maximum Gasteiger partial charge on any atom is 0.0112 e. The first-order valence-electron chi connectivity index (χ1n) is 9.95. The van der Waals surface area contributed by atoms with Crippen molar-refractivity contribution in [2.45, 2.75) is 60.5 Å². The van der Waals surface area contributed by atoms with Crippen molar-refractivity contribution in [2.75, 3.05) is 19.6 Å². The van der Waals surface area contributed by atoms with Crippen molar-refractivity contribution >= 4 is 0 Å². The van der Waals surface area contributed by atoms with Gasteiger partial charge in [-0.15, -0.1) is 0 Å². The predicted octanol–water partition coefficient (Wildman–Crippen LogP) is 5.69. The van der Waals surface area contributed by atoms with Crippen LogP contribution in [-0.4, -0.2) is 36.6 Å². The van der Waals surface area contributed by atoms with Crippen LogP contribution in [0.4, 0.5) is 0 Å². The Hall–Kier alpha value is -1.64. The number of nitrogens with zero attached hydrogens (tertiary/aromatic N) is 1. The van der Waals surface area contributed by atoms with Crippen molar-refractivity contribution in [3.63, 3.8) is 0 Å². The van der Waals surface area contributed by atoms with E-state index in [1.165, 1.54) is 22.3 Å². The monoisotopic (exact) mass is 354 g/mol. The molecule has 0 atom stereocenters. The third-order valence-corrected chi connectivity index (χ3v) is 4.59. The van der Waals surface area contributed by atoms with E-state index in [1.54, 1.807) is 0 Å². The van der Waals surface area contributed by atoms with Gasteiger partial charge in [-0.1, -0.05) is 61.0 Å². The molecule has 2 aromatic rings. The lowest BCUT2D eigenvalue weighted by molar-refractivity contribution is 0.176. The Bertz CT molecular complexity index is 609. The Morgan fingerprint density at radius 2 is 1.50 bits per heavy atom. The first-order chi connectivity index (χ1) is 12.4. The van der Waals surface area contributed by atoms with E-state index < -0.39 is 0 Å². The summed E-state index contributed by atoms with van der Waals surface area (Å²) in [5, 5.41) is 3.35. The highest BCUT2D eigenvalue weighted by Crippen LogP contribution is 2.23. The molecule has 0 amide bonds. The summed E-state index contributed by atoms with van der Waals surface area (Å²) in [6, 6.07) is 18.4. The minimum absolute atomic E-state index is 0.656. The van der Waals surface area contributed by atoms with Gasteiger partial charge in [-0.3, -0.25) is 4.90 Å². The first-order valence-corrected chi connectivity index (χ1v) is 9.95. The molecule has 2 nitrogen and oxygen atoms in total. The minimum atomic E-state index is 0.656. The molecule has 0 fully saturated rings. The van der Waals surface area contributed by atoms with Gasteiger partial charge in [0.25, 0.3) is 0 Å². The summed E-state index contributed by atoms with van der Waals surface area (Å²) in [6.07, 6.45) is 0. The van der Waals surface area contributed by atoms with Crippen LogP contribution in [-0.2, 0) is 0 Å². The third-order valence-electron chi connectivity index (χ3n) is 4.59. The quantitative estimate of drug-likeness (QED) is 0.643. The highest BCUT2D eigenvalue weighted by molar-refractivity contribution is 5.67. The first kappa shape index (κ1) is 22.4. The number of hydrogen-bond donors (Lipinski definition) is 1. The van der Waals surface area contributed by atoms with Crippen LogP contribution in [0.1, 0.15) is 45.7 Å². The van der Waals surface area contributed by atoms with Crippen LogP contribution < -0.4 is 5.32 Å². The van der Waals surface area contributed by atoms with Crippen molar-refractivity contribution in [3.8, 4) is 11.1 Å². The third kappa shape index (κ3) is 7.72. The molecule has 2 rings (SSSR count). The van der Waals surface area contributed by atoms with Gasteiger partial charge in [0.2, 0.25) is 0 Å². The van der Waals surface area contributed by atoms with E-state index in [1.807, 2.05) is 6.07 Å². The zero-order valence-corrected chi connectivity index (χ0v) is 17.8. The molecule has 2 heteroatoms. The maximum atomic E-state index is 3.35. The average Bonchev–Trinajstić information content (AvgIpc) is 2.59. The van der Waals surface area contributed by atoms with E-state index in [4.69, 9.17) is 0 Å². The molecule has 0 unspecified atom stereocenters. The van der Waals surface area contributed by atoms with Crippen molar-refractivity contribution in [3.05, 3.63) is 59.7 Å². The Morgan fingerprint density at radius 1 is 0.885 bits per heavy atom. The van der Waals surface area contributed by atoms with Crippen LogP contribution in [0.3, 0.4) is 0 Å². The van der Waals surface area contributed by atoms with Gasteiger partial charge in [-0.2, -0.15) is 0 Å². The predicted molar refractivity (Wildman–Crippen MR) is 117 cm³/mol. The van der Waals surface area contributed by atoms with E-state index in [2.05, 4.69) is 101 Å². The number of likely N-dealkylation sites (N-methyl/N-ethyl adjacent to an activating group) is 1. The second-order valence-corrected chi connectivity index (χ2v) is 7.46. The summed E-state index contributed by atoms with van der Waals surface area (Å²) >= 11 is 0. The molecular weight excluding hydrogens is 316 g/mol. The largest absolute Gasteiger partial charge is 0.316 e. The Balaban J connectivity index is 0.000000265. The van der Waals surface area contributed by atoms with Gasteiger partial charge in [0.15, 0.2) is 0 Å². The topological polar surface area (TPSA) is 15.3 Å². The van der Waals surface area contributed by atoms with Gasteiger partial charge in [0.1, 0.15) is 0 Å². The molecule has 0 aliphatic carbocycles. The Morgan fingerprint density at radius 3 is 2.00 bits per heavy atom. The van der Waals surface area contributed by atoms with Crippen LogP contribution in [0.2, 0.25) is 0 Å². The molecule has 144 valence electrons. The summed E-state index contributed by atoms with van der Waals surface area (Å²) in [5.74, 6) is 0. The zero-order valence-electron chi connectivity index (χ0n) is 17.8. The maximum absolute atomic E-state index is 3.35. The van der Waals surface area contributed by atoms with Gasteiger partial charge >= 0.3 is 0 Å². The SMILES string of the molecule is CCNCCN(C(C)C)C(C)C.Cc1ccc(-c2ccccc2)c(C)c1. The lowest BCUT2D eigenvalue weighted by Crippen LogP contribution is -2.41. The van der Waals surface area contributed by atoms with E-state index in [9.17, 15) is 0 Å². The molecule has 26 heavy (non-hydrogen) atoms. The Labute approximate surface area is 161 Å². The highest BCUT2D eigenvalue weighted by atomic mass is 15.2. The zero-order chi connectivity index (χ0) is 19.5. The summed E-state index contributed by atoms with van der Waals surface area (Å²) in [6.45, 7) is 18.8. The molecular formula is C24H38N2. The fourth-order valence-electron chi connectivity index (χ4n) is 3.25. The van der Waals surface area contributed by atoms with Gasteiger partial charge < -0.3 is 5.32 Å². The smallest absolute Gasteiger partial charge is 0.0112 e. The molecule has 1 N–H and O–H groups in total. The number of aryl methyl sites for hydroxylation is 2. The molecule has 0 heterocycles. The second-order valence-electron chi connectivity index (χ2n) is 7.46. The molecule has 0 aromatic heterocycles. The normalized spacial score (nSPS) is 11.0. The summed E-state index contributed by atoms with van der Waals surface area (Å²) in [4.78, 5) is 2.50. The van der Waals surface area contributed by atoms with Crippen molar-refractivity contribution < 1.29 is 0 Å². The summed E-state index contributed by atoms with van der Waals surface area (Å²) in [7, 11) is 0. The number of nitrogens with one attached hydrogen (secondary N) is 1. The van der Waals surface area contributed by atoms with Crippen LogP contribution >= 0.6 is 0 Å². The molecule has 0 bridgehead atoms. The van der Waals surface area contributed by atoms with Gasteiger partial charge in [-0.25, -0.2) is 0 Å². The van der Waals surface area contributed by atoms with Crippen LogP contribution in [0, 0.1) is 13.8 Å². The van der Waals surface area contributed by atoms with E-state index in [-0.39, 0.29) is 0 Å². The average molecular weight is 355 g/mol. The van der Waals surface area contributed by atoms with Crippen LogP contribution in [0.25, 0.3) is 11.1 Å². The molecule has 0 saturated carbocycles. The molecule has 0 spiro atoms. The van der Waals surface area contributed by atoms with Crippen molar-refractivity contribution in [1.29, 1.82) is 0 Å². The van der Waals surface area contributed by atoms with E-state index in [0.717, 1.165) is 19.6 Å². The number of hydrogen-bond acceptors (Lipinski definition) is 2. The minimum Gasteiger partial charge on any atom is -0.316 e. The van der Waals surface area contributed by atoms with Crippen LogP contribution in [0.15, 0.2) is 48.5 Å². The summed E-state index contributed by atoms with van der Waals surface area (Å²) in [5.41, 5.74) is 5.29. The number of rotatable bonds is 7. The summed E-state index contributed by atoms with van der Waals surface area (Å²) < 4.78 is 0. The van der Waals surface area contributed by atoms with Gasteiger partial charge in [0.05, 0.1) is 0 Å². The fraction of sp³-hybridized carbons (Fsp3) is 0.500. The van der Waals surface area contributed by atoms with E-state index >= 15 is 0 Å². The molecule has 2 aromatic carbocycles. The second kappa shape index (κ2) is 11.9. The highest BCUT2D eigenvalue weighted by Gasteiger charge is 2.11. The van der Waals surface area contributed by atoms with E-state index in [0.29, 0.717) is 12.1 Å². The van der Waals surface area contributed by atoms with Crippen molar-refractivity contribution in [2.24, 2.45) is 0 Å². The fourth-order valence-corrected chi connectivity index (χ4v) is 3.25. The Kier molecular flexibility index (Phi) is 10.2. The standard InChI is InChI=1S/C14H14.C10H24N2/c1-11-8-9-14(12(2)10-11)13-6-4-3-5-7-13;1-6-11-7-8-12(9(2)3)10(4)5/h3-10H,1-2H3;9-11H,6-8H2,1-5H3. The molecule has 0 radical (unpaired) electrons. The molecule has 0 saturated heterocycles. The lowest BCUT2D eigenvalue weighted by Gasteiger charge is -2.30. The van der Waals surface area contributed by atoms with Crippen LogP contribution in [0.5, 0.6) is 0 Å². The molecule has 0 aliphatic rings.